The van der Waals surface area contributed by atoms with Gasteiger partial charge in [0.2, 0.25) is 0 Å². The Labute approximate surface area is 75.7 Å². The Kier molecular flexibility index (Phi) is 5.35. The van der Waals surface area contributed by atoms with E-state index in [9.17, 15) is 0 Å². The molecule has 1 radical (unpaired) electrons. The van der Waals surface area contributed by atoms with Gasteiger partial charge in [-0.3, -0.25) is 0 Å². The van der Waals surface area contributed by atoms with Crippen LogP contribution in [0.5, 0.6) is 0 Å². The molecule has 0 aromatic rings. The smallest absolute Gasteiger partial charge is 0.0133 e. The molecule has 65 valence electrons. The molecular weight excluding hydrogens is 144 g/mol. The molecule has 12 heavy (non-hydrogen) atoms. The largest absolute Gasteiger partial charge is 0.0885 e. The maximum Gasteiger partial charge on any atom is -0.0133 e. The molecular formula is C12H17. The van der Waals surface area contributed by atoms with Gasteiger partial charge in [0.25, 0.3) is 0 Å². The van der Waals surface area contributed by atoms with Crippen molar-refractivity contribution in [1.82, 2.24) is 0 Å². The molecule has 0 heterocycles. The number of allylic oxidation sites excluding steroid dienone is 6. The summed E-state index contributed by atoms with van der Waals surface area (Å²) in [6.45, 7) is 0. The molecule has 0 atom stereocenters. The molecule has 0 aliphatic heterocycles. The van der Waals surface area contributed by atoms with Crippen LogP contribution in [0.2, 0.25) is 0 Å². The summed E-state index contributed by atoms with van der Waals surface area (Å²) >= 11 is 0. The van der Waals surface area contributed by atoms with E-state index in [4.69, 9.17) is 0 Å². The summed E-state index contributed by atoms with van der Waals surface area (Å²) in [5.74, 6) is 0. The van der Waals surface area contributed by atoms with Gasteiger partial charge in [0.1, 0.15) is 0 Å². The van der Waals surface area contributed by atoms with Crippen LogP contribution in [0.3, 0.4) is 0 Å². The number of rotatable bonds is 0. The summed E-state index contributed by atoms with van der Waals surface area (Å²) in [5.41, 5.74) is 0. The Morgan fingerprint density at radius 2 is 1.42 bits per heavy atom. The van der Waals surface area contributed by atoms with Gasteiger partial charge in [-0.2, -0.15) is 0 Å². The van der Waals surface area contributed by atoms with Crippen LogP contribution in [-0.2, 0) is 0 Å². The van der Waals surface area contributed by atoms with Gasteiger partial charge in [-0.25, -0.2) is 0 Å². The first-order valence-corrected chi connectivity index (χ1v) is 4.78. The van der Waals surface area contributed by atoms with Gasteiger partial charge in [-0.15, -0.1) is 0 Å². The fourth-order valence-corrected chi connectivity index (χ4v) is 1.19. The lowest BCUT2D eigenvalue weighted by molar-refractivity contribution is 0.863. The van der Waals surface area contributed by atoms with E-state index in [-0.39, 0.29) is 0 Å². The lowest BCUT2D eigenvalue weighted by Crippen LogP contribution is -1.73. The number of hydrogen-bond donors (Lipinski definition) is 0. The van der Waals surface area contributed by atoms with Crippen molar-refractivity contribution < 1.29 is 0 Å². The highest BCUT2D eigenvalue weighted by Gasteiger charge is 1.83. The molecule has 0 nitrogen and oxygen atoms in total. The van der Waals surface area contributed by atoms with E-state index in [0.717, 1.165) is 12.8 Å². The second-order valence-electron chi connectivity index (χ2n) is 3.01. The third-order valence-corrected chi connectivity index (χ3v) is 1.89. The molecule has 1 rings (SSSR count). The first-order chi connectivity index (χ1) is 6.00. The Hall–Kier alpha value is -0.780. The van der Waals surface area contributed by atoms with Crippen molar-refractivity contribution in [2.24, 2.45) is 0 Å². The van der Waals surface area contributed by atoms with Crippen LogP contribution in [0.25, 0.3) is 0 Å². The minimum Gasteiger partial charge on any atom is -0.0885 e. The molecule has 0 aromatic carbocycles. The molecule has 0 spiro atoms. The molecule has 0 amide bonds. The highest BCUT2D eigenvalue weighted by Crippen LogP contribution is 2.02. The van der Waals surface area contributed by atoms with E-state index in [2.05, 4.69) is 42.9 Å². The standard InChI is InChI=1S/C12H17/c1-2-4-6-8-10-12-11-9-7-5-3-1/h1-3,6-9H,4-5,10-12H2/b2-1+,8-6-,9-7+. The molecule has 0 saturated heterocycles. The zero-order valence-corrected chi connectivity index (χ0v) is 7.58. The lowest BCUT2D eigenvalue weighted by Gasteiger charge is -1.92. The summed E-state index contributed by atoms with van der Waals surface area (Å²) in [6, 6.07) is 0. The van der Waals surface area contributed by atoms with E-state index >= 15 is 0 Å². The summed E-state index contributed by atoms with van der Waals surface area (Å²) in [5, 5.41) is 0. The molecule has 0 saturated carbocycles. The summed E-state index contributed by atoms with van der Waals surface area (Å²) in [4.78, 5) is 0. The number of hydrogen-bond acceptors (Lipinski definition) is 0. The molecule has 1 aliphatic rings. The molecule has 0 bridgehead atoms. The second-order valence-corrected chi connectivity index (χ2v) is 3.01. The summed E-state index contributed by atoms with van der Waals surface area (Å²) in [6.07, 6.45) is 21.5. The van der Waals surface area contributed by atoms with Crippen molar-refractivity contribution in [1.29, 1.82) is 0 Å². The fraction of sp³-hybridized carbons (Fsp3) is 0.417. The first-order valence-electron chi connectivity index (χ1n) is 4.78. The van der Waals surface area contributed by atoms with Crippen molar-refractivity contribution in [3.8, 4) is 0 Å². The lowest BCUT2D eigenvalue weighted by atomic mass is 10.1. The van der Waals surface area contributed by atoms with Gasteiger partial charge in [-0.05, 0) is 38.5 Å². The van der Waals surface area contributed by atoms with Crippen molar-refractivity contribution in [2.45, 2.75) is 32.1 Å². The molecule has 0 N–H and O–H groups in total. The van der Waals surface area contributed by atoms with Crippen molar-refractivity contribution in [3.63, 3.8) is 0 Å². The fourth-order valence-electron chi connectivity index (χ4n) is 1.19. The van der Waals surface area contributed by atoms with E-state index in [1.807, 2.05) is 0 Å². The van der Waals surface area contributed by atoms with Crippen LogP contribution in [0.15, 0.2) is 36.5 Å². The van der Waals surface area contributed by atoms with Gasteiger partial charge < -0.3 is 0 Å². The average Bonchev–Trinajstić information content (AvgIpc) is 2.05. The highest BCUT2D eigenvalue weighted by atomic mass is 13.9. The molecule has 1 aliphatic carbocycles. The third kappa shape index (κ3) is 4.95. The van der Waals surface area contributed by atoms with Crippen LogP contribution in [-0.4, -0.2) is 0 Å². The minimum atomic E-state index is 1.08. The predicted octanol–water partition coefficient (Wildman–Crippen LogP) is 3.82. The van der Waals surface area contributed by atoms with Gasteiger partial charge >= 0.3 is 0 Å². The Morgan fingerprint density at radius 1 is 0.667 bits per heavy atom. The monoisotopic (exact) mass is 161 g/mol. The zero-order chi connectivity index (χ0) is 8.49. The topological polar surface area (TPSA) is 0 Å². The Balaban J connectivity index is 2.30. The highest BCUT2D eigenvalue weighted by molar-refractivity contribution is 5.03. The molecule has 0 unspecified atom stereocenters. The Morgan fingerprint density at radius 3 is 2.25 bits per heavy atom. The minimum absolute atomic E-state index is 1.08. The normalized spacial score (nSPS) is 28.0. The van der Waals surface area contributed by atoms with Gasteiger partial charge in [0.05, 0.1) is 0 Å². The van der Waals surface area contributed by atoms with Crippen LogP contribution >= 0.6 is 0 Å². The second kappa shape index (κ2) is 6.90. The zero-order valence-electron chi connectivity index (χ0n) is 7.58. The van der Waals surface area contributed by atoms with E-state index < -0.39 is 0 Å². The first kappa shape index (κ1) is 9.31. The quantitative estimate of drug-likeness (QED) is 0.474. The predicted molar refractivity (Wildman–Crippen MR) is 54.8 cm³/mol. The van der Waals surface area contributed by atoms with E-state index in [1.54, 1.807) is 0 Å². The van der Waals surface area contributed by atoms with Crippen molar-refractivity contribution in [3.05, 3.63) is 42.9 Å². The Bertz CT molecular complexity index is 172. The maximum atomic E-state index is 2.28. The molecule has 0 fully saturated rings. The summed E-state index contributed by atoms with van der Waals surface area (Å²) < 4.78 is 0. The maximum absolute atomic E-state index is 2.28. The van der Waals surface area contributed by atoms with Gasteiger partial charge in [-0.1, -0.05) is 36.5 Å². The van der Waals surface area contributed by atoms with Crippen LogP contribution in [0.1, 0.15) is 32.1 Å². The molecule has 0 heteroatoms. The van der Waals surface area contributed by atoms with E-state index in [0.29, 0.717) is 0 Å². The molecule has 0 aromatic heterocycles. The SMILES string of the molecule is [CH]1/C=C/C/C=C\CCC/C=C/C1. The van der Waals surface area contributed by atoms with Gasteiger partial charge in [0, 0.05) is 0 Å². The summed E-state index contributed by atoms with van der Waals surface area (Å²) in [7, 11) is 0. The van der Waals surface area contributed by atoms with Gasteiger partial charge in [0.15, 0.2) is 0 Å². The van der Waals surface area contributed by atoms with Crippen LogP contribution < -0.4 is 0 Å². The third-order valence-electron chi connectivity index (χ3n) is 1.89. The van der Waals surface area contributed by atoms with Crippen molar-refractivity contribution >= 4 is 0 Å². The van der Waals surface area contributed by atoms with E-state index in [1.165, 1.54) is 19.3 Å². The van der Waals surface area contributed by atoms with Crippen LogP contribution in [0, 0.1) is 6.42 Å². The average molecular weight is 161 g/mol. The van der Waals surface area contributed by atoms with Crippen molar-refractivity contribution in [2.75, 3.05) is 0 Å². The van der Waals surface area contributed by atoms with Crippen LogP contribution in [0.4, 0.5) is 0 Å².